The fourth-order valence-electron chi connectivity index (χ4n) is 9.21. The van der Waals surface area contributed by atoms with Crippen LogP contribution in [0.15, 0.2) is 61.2 Å². The zero-order chi connectivity index (χ0) is 37.0. The van der Waals surface area contributed by atoms with Crippen molar-refractivity contribution in [2.75, 3.05) is 6.61 Å². The summed E-state index contributed by atoms with van der Waals surface area (Å²) in [4.78, 5) is 11.3. The largest absolute Gasteiger partial charge is 0.478 e. The highest BCUT2D eigenvalue weighted by atomic mass is 16.7. The van der Waals surface area contributed by atoms with E-state index in [1.54, 1.807) is 30.3 Å². The van der Waals surface area contributed by atoms with Crippen LogP contribution in [0.4, 0.5) is 0 Å². The molecule has 3 aliphatic heterocycles. The van der Waals surface area contributed by atoms with Crippen LogP contribution >= 0.6 is 0 Å². The van der Waals surface area contributed by atoms with Gasteiger partial charge in [0.1, 0.15) is 36.3 Å². The summed E-state index contributed by atoms with van der Waals surface area (Å²) in [5, 5.41) is 78.4. The van der Waals surface area contributed by atoms with Crippen LogP contribution in [0.1, 0.15) is 79.3 Å². The summed E-state index contributed by atoms with van der Waals surface area (Å²) in [5.41, 5.74) is -0.962. The van der Waals surface area contributed by atoms with Gasteiger partial charge in [-0.15, -0.1) is 6.58 Å². The Labute approximate surface area is 304 Å². The molecule has 7 N–H and O–H groups in total. The zero-order valence-corrected chi connectivity index (χ0v) is 29.4. The van der Waals surface area contributed by atoms with Gasteiger partial charge in [-0.3, -0.25) is 0 Å². The molecule has 3 fully saturated rings. The first-order valence-corrected chi connectivity index (χ1v) is 18.5. The van der Waals surface area contributed by atoms with Crippen LogP contribution in [0.3, 0.4) is 0 Å². The zero-order valence-electron chi connectivity index (χ0n) is 29.4. The van der Waals surface area contributed by atoms with Crippen molar-refractivity contribution in [3.8, 4) is 17.8 Å². The van der Waals surface area contributed by atoms with Gasteiger partial charge in [0.15, 0.2) is 5.60 Å². The molecule has 2 saturated carbocycles. The molecule has 2 bridgehead atoms. The first kappa shape index (κ1) is 38.3. The molecule has 0 radical (unpaired) electrons. The number of carboxylic acids is 1. The molecular formula is C41H52O11. The molecule has 2 aromatic rings. The van der Waals surface area contributed by atoms with Crippen molar-refractivity contribution >= 4 is 5.97 Å². The standard InChI is InChI=1S/C41H52O11/c1-2-5-25-10-16-31(17-11-25)51-39-41(49)24-32(33(43)6-4-19-50-34(7-3-18-42)36(52-39)35(44)37(41)45)29-14-15-30-21-27(22-40(30,48)23-29)20-26-8-12-28(13-9-26)38(46)47/h2,8-13,16-17,27,29-30,32-37,39,42-45,48-49H,1,3,5-7,14-15,18,20-24H2,(H,46,47)/t27-,29+,30-,32?,33?,34-,35?,36+,37?,39+,40+,41-/m0/s1. The average molecular weight is 721 g/mol. The molecule has 2 aliphatic carbocycles. The lowest BCUT2D eigenvalue weighted by molar-refractivity contribution is -0.334. The van der Waals surface area contributed by atoms with Crippen molar-refractivity contribution < 1.29 is 54.8 Å². The minimum atomic E-state index is -2.19. The molecular weight excluding hydrogens is 668 g/mol. The summed E-state index contributed by atoms with van der Waals surface area (Å²) in [7, 11) is 0. The van der Waals surface area contributed by atoms with E-state index in [2.05, 4.69) is 18.6 Å². The van der Waals surface area contributed by atoms with Crippen molar-refractivity contribution in [2.45, 2.75) is 119 Å². The highest BCUT2D eigenvalue weighted by Gasteiger charge is 2.60. The Bertz CT molecular complexity index is 1580. The third-order valence-corrected chi connectivity index (χ3v) is 11.9. The quantitative estimate of drug-likeness (QED) is 0.133. The first-order valence-electron chi connectivity index (χ1n) is 18.5. The van der Waals surface area contributed by atoms with E-state index >= 15 is 0 Å². The maximum atomic E-state index is 12.5. The third-order valence-electron chi connectivity index (χ3n) is 11.9. The molecule has 1 saturated heterocycles. The number of rotatable bonds is 11. The van der Waals surface area contributed by atoms with Gasteiger partial charge in [0.2, 0.25) is 6.29 Å². The van der Waals surface area contributed by atoms with Gasteiger partial charge in [-0.05, 0) is 123 Å². The van der Waals surface area contributed by atoms with Crippen molar-refractivity contribution in [2.24, 2.45) is 23.7 Å². The topological polar surface area (TPSA) is 186 Å². The second kappa shape index (κ2) is 16.3. The molecule has 0 amide bonds. The Kier molecular flexibility index (Phi) is 12.0. The number of allylic oxidation sites excluding steroid dienone is 1. The van der Waals surface area contributed by atoms with Crippen LogP contribution in [0.2, 0.25) is 0 Å². The minimum Gasteiger partial charge on any atom is -0.478 e. The van der Waals surface area contributed by atoms with E-state index in [-0.39, 0.29) is 49.2 Å². The van der Waals surface area contributed by atoms with Crippen LogP contribution < -0.4 is 4.74 Å². The predicted molar refractivity (Wildman–Crippen MR) is 190 cm³/mol. The van der Waals surface area contributed by atoms with Gasteiger partial charge in [-0.1, -0.05) is 36.3 Å². The Morgan fingerprint density at radius 1 is 1.00 bits per heavy atom. The van der Waals surface area contributed by atoms with E-state index in [4.69, 9.17) is 14.2 Å². The van der Waals surface area contributed by atoms with E-state index in [1.807, 2.05) is 24.3 Å². The van der Waals surface area contributed by atoms with Gasteiger partial charge in [0, 0.05) is 13.0 Å². The van der Waals surface area contributed by atoms with Gasteiger partial charge < -0.3 is 50.0 Å². The number of carbonyl (C=O) groups is 1. The number of ether oxygens (including phenoxy) is 3. The number of carboxylic acid groups (broad SMARTS) is 1. The fraction of sp³-hybridized carbons (Fsp3) is 0.585. The van der Waals surface area contributed by atoms with Gasteiger partial charge in [-0.2, -0.15) is 0 Å². The van der Waals surface area contributed by atoms with E-state index in [0.717, 1.165) is 17.5 Å². The van der Waals surface area contributed by atoms with Crippen LogP contribution in [0.25, 0.3) is 0 Å². The number of aliphatic hydroxyl groups excluding tert-OH is 4. The Hall–Kier alpha value is -3.47. The smallest absolute Gasteiger partial charge is 0.335 e. The van der Waals surface area contributed by atoms with E-state index in [0.29, 0.717) is 50.7 Å². The average Bonchev–Trinajstić information content (AvgIpc) is 3.46. The van der Waals surface area contributed by atoms with Gasteiger partial charge in [-0.25, -0.2) is 4.79 Å². The lowest BCUT2D eigenvalue weighted by Gasteiger charge is -2.52. The maximum Gasteiger partial charge on any atom is 0.335 e. The molecule has 2 aromatic carbocycles. The Morgan fingerprint density at radius 3 is 2.42 bits per heavy atom. The molecule has 4 unspecified atom stereocenters. The van der Waals surface area contributed by atoms with Gasteiger partial charge >= 0.3 is 5.97 Å². The highest BCUT2D eigenvalue weighted by Crippen LogP contribution is 2.54. The van der Waals surface area contributed by atoms with Crippen molar-refractivity contribution in [1.29, 1.82) is 0 Å². The SMILES string of the molecule is C=CCc1ccc(O[C@@H]2O[C@H]3C(O)C(O)[C@@]2(O)CC([C@@H]2CC[C@H]4C[C@H](Cc5ccc(C(=O)O)cc5)C[C@@]4(O)C2)C(O)CC#CO[C@H]3CCCO)cc1. The molecule has 5 aliphatic rings. The van der Waals surface area contributed by atoms with Crippen LogP contribution in [-0.4, -0.2) is 96.3 Å². The maximum absolute atomic E-state index is 12.5. The lowest BCUT2D eigenvalue weighted by atomic mass is 9.64. The molecule has 52 heavy (non-hydrogen) atoms. The summed E-state index contributed by atoms with van der Waals surface area (Å²) in [6.07, 6.45) is 1.30. The fourth-order valence-corrected chi connectivity index (χ4v) is 9.21. The normalized spacial score (nSPS) is 37.3. The van der Waals surface area contributed by atoms with Gasteiger partial charge in [0.05, 0.1) is 17.3 Å². The van der Waals surface area contributed by atoms with E-state index < -0.39 is 59.9 Å². The third kappa shape index (κ3) is 8.19. The molecule has 11 heteroatoms. The molecule has 3 heterocycles. The molecule has 0 aromatic heterocycles. The Balaban J connectivity index is 1.27. The highest BCUT2D eigenvalue weighted by molar-refractivity contribution is 5.87. The summed E-state index contributed by atoms with van der Waals surface area (Å²) in [6.45, 7) is 3.63. The monoisotopic (exact) mass is 720 g/mol. The number of hydrogen-bond donors (Lipinski definition) is 7. The van der Waals surface area contributed by atoms with Crippen LogP contribution in [0, 0.1) is 35.7 Å². The van der Waals surface area contributed by atoms with E-state index in [1.165, 1.54) is 0 Å². The number of hydrogen-bond acceptors (Lipinski definition) is 10. The van der Waals surface area contributed by atoms with Crippen LogP contribution in [-0.2, 0) is 22.3 Å². The first-order chi connectivity index (χ1) is 24.9. The predicted octanol–water partition coefficient (Wildman–Crippen LogP) is 3.36. The molecule has 12 atom stereocenters. The number of aliphatic hydroxyl groups is 6. The second-order valence-electron chi connectivity index (χ2n) is 15.4. The summed E-state index contributed by atoms with van der Waals surface area (Å²) in [6, 6.07) is 14.0. The molecule has 11 nitrogen and oxygen atoms in total. The van der Waals surface area contributed by atoms with Crippen molar-refractivity contribution in [1.82, 2.24) is 0 Å². The van der Waals surface area contributed by atoms with E-state index in [9.17, 15) is 40.5 Å². The Morgan fingerprint density at radius 2 is 1.73 bits per heavy atom. The van der Waals surface area contributed by atoms with Gasteiger partial charge in [0.25, 0.3) is 0 Å². The lowest BCUT2D eigenvalue weighted by Crippen LogP contribution is -2.70. The summed E-state index contributed by atoms with van der Waals surface area (Å²) >= 11 is 0. The molecule has 7 rings (SSSR count). The molecule has 0 spiro atoms. The molecule has 282 valence electrons. The van der Waals surface area contributed by atoms with Crippen molar-refractivity contribution in [3.63, 3.8) is 0 Å². The second-order valence-corrected chi connectivity index (χ2v) is 15.4. The minimum absolute atomic E-state index is 0.0151. The van der Waals surface area contributed by atoms with Crippen molar-refractivity contribution in [3.05, 3.63) is 77.9 Å². The summed E-state index contributed by atoms with van der Waals surface area (Å²) < 4.78 is 18.4. The summed E-state index contributed by atoms with van der Waals surface area (Å²) in [5.74, 6) is 1.58. The number of benzene rings is 2. The van der Waals surface area contributed by atoms with Crippen LogP contribution in [0.5, 0.6) is 5.75 Å². The number of fused-ring (bicyclic) bond motifs is 9. The number of aromatic carboxylic acids is 1.